The molecule has 1 nitrogen and oxygen atoms in total. The van der Waals surface area contributed by atoms with Crippen LogP contribution in [-0.2, 0) is 0 Å². The number of rotatable bonds is 3. The van der Waals surface area contributed by atoms with E-state index < -0.39 is 0 Å². The number of hydrogen-bond donors (Lipinski definition) is 0. The van der Waals surface area contributed by atoms with Gasteiger partial charge in [0.1, 0.15) is 0 Å². The summed E-state index contributed by atoms with van der Waals surface area (Å²) in [5, 5.41) is 0. The number of benzene rings is 1. The van der Waals surface area contributed by atoms with E-state index in [0.717, 1.165) is 5.92 Å². The summed E-state index contributed by atoms with van der Waals surface area (Å²) in [6, 6.07) is 6.60. The molecule has 1 saturated heterocycles. The van der Waals surface area contributed by atoms with Crippen molar-refractivity contribution >= 4 is 28.3 Å². The monoisotopic (exact) mass is 315 g/mol. The zero-order valence-corrected chi connectivity index (χ0v) is 11.6. The number of halogens is 1. The summed E-state index contributed by atoms with van der Waals surface area (Å²) >= 11 is 2.42. The van der Waals surface area contributed by atoms with Gasteiger partial charge < -0.3 is 4.90 Å². The minimum Gasteiger partial charge on any atom is -0.371 e. The van der Waals surface area contributed by atoms with Crippen LogP contribution in [0, 0.1) is 16.4 Å². The van der Waals surface area contributed by atoms with E-state index in [0.29, 0.717) is 0 Å². The van der Waals surface area contributed by atoms with Gasteiger partial charge in [0.05, 0.1) is 0 Å². The Labute approximate surface area is 106 Å². The van der Waals surface area contributed by atoms with Crippen molar-refractivity contribution in [1.29, 1.82) is 0 Å². The van der Waals surface area contributed by atoms with Gasteiger partial charge in [-0.15, -0.1) is 0 Å². The first-order valence-corrected chi connectivity index (χ1v) is 6.80. The summed E-state index contributed by atoms with van der Waals surface area (Å²) in [4.78, 5) is 2.51. The highest BCUT2D eigenvalue weighted by Crippen LogP contribution is 2.31. The zero-order chi connectivity index (χ0) is 10.8. The molecule has 1 aromatic carbocycles. The van der Waals surface area contributed by atoms with E-state index in [-0.39, 0.29) is 0 Å². The van der Waals surface area contributed by atoms with Crippen molar-refractivity contribution < 1.29 is 0 Å². The maximum absolute atomic E-state index is 2.51. The third-order valence-corrected chi connectivity index (χ3v) is 4.40. The molecule has 0 unspecified atom stereocenters. The van der Waals surface area contributed by atoms with E-state index in [1.54, 1.807) is 0 Å². The molecule has 0 aliphatic carbocycles. The Bertz CT molecular complexity index is 342. The molecule has 0 saturated carbocycles. The zero-order valence-electron chi connectivity index (χ0n) is 9.46. The molecule has 0 N–H and O–H groups in total. The summed E-state index contributed by atoms with van der Waals surface area (Å²) in [6.07, 6.45) is 2.71. The normalized spacial score (nSPS) is 16.6. The second-order valence-corrected chi connectivity index (χ2v) is 5.61. The molecule has 1 aliphatic heterocycles. The van der Waals surface area contributed by atoms with Gasteiger partial charge in [0.2, 0.25) is 0 Å². The van der Waals surface area contributed by atoms with Gasteiger partial charge in [0, 0.05) is 22.3 Å². The van der Waals surface area contributed by atoms with Gasteiger partial charge in [0.15, 0.2) is 0 Å². The maximum Gasteiger partial charge on any atom is 0.0406 e. The van der Waals surface area contributed by atoms with Crippen LogP contribution in [0.4, 0.5) is 5.69 Å². The summed E-state index contributed by atoms with van der Waals surface area (Å²) in [7, 11) is 0. The van der Waals surface area contributed by atoms with Crippen LogP contribution in [0.2, 0.25) is 0 Å². The molecule has 1 fully saturated rings. The molecule has 0 atom stereocenters. The van der Waals surface area contributed by atoms with Crippen molar-refractivity contribution in [2.45, 2.75) is 26.7 Å². The van der Waals surface area contributed by atoms with Crippen LogP contribution in [0.25, 0.3) is 0 Å². The summed E-state index contributed by atoms with van der Waals surface area (Å²) < 4.78 is 1.38. The predicted octanol–water partition coefficient (Wildman–Crippen LogP) is 3.84. The fourth-order valence-electron chi connectivity index (χ4n) is 2.30. The topological polar surface area (TPSA) is 3.24 Å². The molecule has 0 spiro atoms. The van der Waals surface area contributed by atoms with Crippen molar-refractivity contribution in [3.63, 3.8) is 0 Å². The van der Waals surface area contributed by atoms with Crippen molar-refractivity contribution in [3.05, 3.63) is 27.3 Å². The fourth-order valence-corrected chi connectivity index (χ4v) is 2.78. The van der Waals surface area contributed by atoms with Crippen LogP contribution in [0.15, 0.2) is 18.2 Å². The fraction of sp³-hybridized carbons (Fsp3) is 0.538. The lowest BCUT2D eigenvalue weighted by Gasteiger charge is -2.42. The summed E-state index contributed by atoms with van der Waals surface area (Å²) in [5.41, 5.74) is 2.88. The third-order valence-electron chi connectivity index (χ3n) is 3.23. The molecule has 0 bridgehead atoms. The third kappa shape index (κ3) is 2.30. The molecule has 0 radical (unpaired) electrons. The first-order valence-electron chi connectivity index (χ1n) is 5.72. The van der Waals surface area contributed by atoms with Gasteiger partial charge in [-0.2, -0.15) is 0 Å². The van der Waals surface area contributed by atoms with Gasteiger partial charge in [-0.25, -0.2) is 0 Å². The van der Waals surface area contributed by atoms with Crippen molar-refractivity contribution in [2.75, 3.05) is 18.0 Å². The maximum atomic E-state index is 2.51. The molecule has 1 heterocycles. The molecular weight excluding hydrogens is 297 g/mol. The van der Waals surface area contributed by atoms with Crippen molar-refractivity contribution in [1.82, 2.24) is 0 Å². The highest BCUT2D eigenvalue weighted by Gasteiger charge is 2.26. The Morgan fingerprint density at radius 2 is 2.13 bits per heavy atom. The van der Waals surface area contributed by atoms with Gasteiger partial charge in [-0.05, 0) is 59.5 Å². The molecule has 15 heavy (non-hydrogen) atoms. The van der Waals surface area contributed by atoms with Gasteiger partial charge in [-0.1, -0.05) is 19.4 Å². The standard InChI is InChI=1S/C13H18IN/c1-3-5-11-8-15(9-11)13-7-4-6-12(14)10(13)2/h4,6-7,11H,3,5,8-9H2,1-2H3. The molecule has 2 heteroatoms. The van der Waals surface area contributed by atoms with Crippen molar-refractivity contribution in [3.8, 4) is 0 Å². The van der Waals surface area contributed by atoms with E-state index in [4.69, 9.17) is 0 Å². The van der Waals surface area contributed by atoms with Crippen LogP contribution < -0.4 is 4.90 Å². The SMILES string of the molecule is CCCC1CN(c2cccc(I)c2C)C1. The minimum absolute atomic E-state index is 0.937. The first-order chi connectivity index (χ1) is 7.22. The Hall–Kier alpha value is -0.250. The average molecular weight is 315 g/mol. The minimum atomic E-state index is 0.937. The lowest BCUT2D eigenvalue weighted by Crippen LogP contribution is -2.47. The Morgan fingerprint density at radius 1 is 1.40 bits per heavy atom. The van der Waals surface area contributed by atoms with Crippen LogP contribution >= 0.6 is 22.6 Å². The largest absolute Gasteiger partial charge is 0.371 e. The van der Waals surface area contributed by atoms with Crippen LogP contribution in [-0.4, -0.2) is 13.1 Å². The first kappa shape index (κ1) is 11.2. The van der Waals surface area contributed by atoms with Gasteiger partial charge in [-0.3, -0.25) is 0 Å². The van der Waals surface area contributed by atoms with E-state index in [1.807, 2.05) is 0 Å². The van der Waals surface area contributed by atoms with E-state index in [2.05, 4.69) is 59.5 Å². The second-order valence-electron chi connectivity index (χ2n) is 4.44. The lowest BCUT2D eigenvalue weighted by molar-refractivity contribution is 0.380. The van der Waals surface area contributed by atoms with Gasteiger partial charge >= 0.3 is 0 Å². The predicted molar refractivity (Wildman–Crippen MR) is 74.5 cm³/mol. The Morgan fingerprint density at radius 3 is 2.80 bits per heavy atom. The van der Waals surface area contributed by atoms with Crippen LogP contribution in [0.3, 0.4) is 0 Å². The highest BCUT2D eigenvalue weighted by molar-refractivity contribution is 14.1. The smallest absolute Gasteiger partial charge is 0.0406 e. The number of nitrogens with zero attached hydrogens (tertiary/aromatic N) is 1. The molecule has 1 aliphatic rings. The summed E-state index contributed by atoms with van der Waals surface area (Å²) in [5.74, 6) is 0.937. The quantitative estimate of drug-likeness (QED) is 0.766. The number of hydrogen-bond acceptors (Lipinski definition) is 1. The molecule has 0 amide bonds. The second kappa shape index (κ2) is 4.73. The van der Waals surface area contributed by atoms with E-state index in [1.165, 1.54) is 40.8 Å². The average Bonchev–Trinajstić information content (AvgIpc) is 2.16. The summed E-state index contributed by atoms with van der Waals surface area (Å²) in [6.45, 7) is 7.02. The Kier molecular flexibility index (Phi) is 3.54. The molecule has 1 aromatic rings. The van der Waals surface area contributed by atoms with E-state index >= 15 is 0 Å². The molecule has 0 aromatic heterocycles. The van der Waals surface area contributed by atoms with Crippen LogP contribution in [0.5, 0.6) is 0 Å². The molecule has 82 valence electrons. The molecular formula is C13H18IN. The van der Waals surface area contributed by atoms with Crippen molar-refractivity contribution in [2.24, 2.45) is 5.92 Å². The number of anilines is 1. The van der Waals surface area contributed by atoms with Gasteiger partial charge in [0.25, 0.3) is 0 Å². The lowest BCUT2D eigenvalue weighted by atomic mass is 9.94. The van der Waals surface area contributed by atoms with E-state index in [9.17, 15) is 0 Å². The highest BCUT2D eigenvalue weighted by atomic mass is 127. The molecule has 2 rings (SSSR count). The van der Waals surface area contributed by atoms with Crippen LogP contribution in [0.1, 0.15) is 25.3 Å². The Balaban J connectivity index is 2.04.